The van der Waals surface area contributed by atoms with E-state index in [1.165, 1.54) is 6.21 Å². The molecule has 1 unspecified atom stereocenters. The smallest absolute Gasteiger partial charge is 0.128 e. The van der Waals surface area contributed by atoms with Gasteiger partial charge in [-0.3, -0.25) is 0 Å². The first-order valence-corrected chi connectivity index (χ1v) is 3.54. The van der Waals surface area contributed by atoms with Crippen LogP contribution in [0.5, 0.6) is 0 Å². The number of aromatic nitrogens is 1. The Hall–Kier alpha value is -1.15. The third-order valence-corrected chi connectivity index (χ3v) is 1.44. The molecule has 1 aromatic rings. The van der Waals surface area contributed by atoms with Crippen LogP contribution in [0.4, 0.5) is 5.82 Å². The molecule has 11 heavy (non-hydrogen) atoms. The molecule has 0 fully saturated rings. The first kappa shape index (κ1) is 7.95. The van der Waals surface area contributed by atoms with Crippen LogP contribution in [-0.4, -0.2) is 16.4 Å². The zero-order valence-corrected chi connectivity index (χ0v) is 6.88. The molecular weight excluding hydrogens is 161 g/mol. The molecule has 4 nitrogen and oxygen atoms in total. The first-order valence-electron chi connectivity index (χ1n) is 2.97. The Morgan fingerprint density at radius 3 is 2.91 bits per heavy atom. The van der Waals surface area contributed by atoms with E-state index in [0.717, 1.165) is 11.4 Å². The highest BCUT2D eigenvalue weighted by atomic mass is 31.0. The molecular formula is C6H8N3OP. The standard InChI is InChI=1S/C6H8N3OP/c10-8-4-5-1-2-6(9-11)7-3-5/h1-4,10H,11H2,(H,7,9)/b8-4+. The monoisotopic (exact) mass is 169 g/mol. The largest absolute Gasteiger partial charge is 0.411 e. The van der Waals surface area contributed by atoms with E-state index in [1.54, 1.807) is 18.3 Å². The Kier molecular flexibility index (Phi) is 2.81. The number of nitrogens with zero attached hydrogens (tertiary/aromatic N) is 2. The van der Waals surface area contributed by atoms with Crippen molar-refractivity contribution in [3.05, 3.63) is 23.9 Å². The molecule has 0 saturated carbocycles. The van der Waals surface area contributed by atoms with Crippen LogP contribution in [0, 0.1) is 0 Å². The number of rotatable bonds is 2. The molecule has 1 rings (SSSR count). The van der Waals surface area contributed by atoms with Gasteiger partial charge in [0.25, 0.3) is 0 Å². The van der Waals surface area contributed by atoms with Crippen molar-refractivity contribution in [2.45, 2.75) is 0 Å². The second-order valence-electron chi connectivity index (χ2n) is 1.87. The highest BCUT2D eigenvalue weighted by Crippen LogP contribution is 2.04. The van der Waals surface area contributed by atoms with E-state index in [4.69, 9.17) is 5.21 Å². The number of nitrogens with one attached hydrogen (secondary N) is 1. The number of anilines is 1. The van der Waals surface area contributed by atoms with E-state index in [-0.39, 0.29) is 0 Å². The highest BCUT2D eigenvalue weighted by molar-refractivity contribution is 7.18. The van der Waals surface area contributed by atoms with Crippen LogP contribution in [0.1, 0.15) is 5.56 Å². The van der Waals surface area contributed by atoms with Crippen LogP contribution in [0.25, 0.3) is 0 Å². The Morgan fingerprint density at radius 2 is 2.45 bits per heavy atom. The van der Waals surface area contributed by atoms with Crippen LogP contribution in [0.2, 0.25) is 0 Å². The summed E-state index contributed by atoms with van der Waals surface area (Å²) in [5.41, 5.74) is 0.761. The van der Waals surface area contributed by atoms with Gasteiger partial charge in [0.1, 0.15) is 5.82 Å². The van der Waals surface area contributed by atoms with Crippen LogP contribution >= 0.6 is 9.39 Å². The van der Waals surface area contributed by atoms with Gasteiger partial charge in [0.15, 0.2) is 0 Å². The first-order chi connectivity index (χ1) is 5.36. The molecule has 0 amide bonds. The lowest BCUT2D eigenvalue weighted by molar-refractivity contribution is 0.322. The summed E-state index contributed by atoms with van der Waals surface area (Å²) in [5, 5.41) is 13.8. The van der Waals surface area contributed by atoms with Gasteiger partial charge < -0.3 is 10.3 Å². The van der Waals surface area contributed by atoms with Gasteiger partial charge in [0.2, 0.25) is 0 Å². The maximum Gasteiger partial charge on any atom is 0.128 e. The van der Waals surface area contributed by atoms with Gasteiger partial charge in [-0.2, -0.15) is 0 Å². The molecule has 0 spiro atoms. The average molecular weight is 169 g/mol. The molecule has 0 aliphatic rings. The zero-order chi connectivity index (χ0) is 8.10. The van der Waals surface area contributed by atoms with Crippen molar-refractivity contribution in [3.63, 3.8) is 0 Å². The van der Waals surface area contributed by atoms with Crippen molar-refractivity contribution in [2.24, 2.45) is 5.16 Å². The minimum absolute atomic E-state index is 0.755. The van der Waals surface area contributed by atoms with Gasteiger partial charge in [-0.25, -0.2) is 4.98 Å². The Labute approximate surface area is 66.6 Å². The highest BCUT2D eigenvalue weighted by Gasteiger charge is 1.89. The molecule has 1 aromatic heterocycles. The maximum atomic E-state index is 8.17. The molecule has 0 aromatic carbocycles. The third-order valence-electron chi connectivity index (χ3n) is 1.14. The maximum absolute atomic E-state index is 8.17. The summed E-state index contributed by atoms with van der Waals surface area (Å²) in [6.45, 7) is 0. The van der Waals surface area contributed by atoms with Gasteiger partial charge in [-0.1, -0.05) is 5.16 Å². The number of hydrogen-bond acceptors (Lipinski definition) is 4. The van der Waals surface area contributed by atoms with Gasteiger partial charge in [-0.05, 0) is 21.5 Å². The Balaban J connectivity index is 2.82. The molecule has 0 aliphatic carbocycles. The molecule has 1 atom stereocenters. The summed E-state index contributed by atoms with van der Waals surface area (Å²) in [6.07, 6.45) is 2.92. The van der Waals surface area contributed by atoms with E-state index < -0.39 is 0 Å². The zero-order valence-electron chi connectivity index (χ0n) is 5.73. The molecule has 0 saturated heterocycles. The van der Waals surface area contributed by atoms with Crippen molar-refractivity contribution in [3.8, 4) is 0 Å². The Morgan fingerprint density at radius 1 is 1.64 bits per heavy atom. The SMILES string of the molecule is O/N=C/c1ccc(NP)nc1. The minimum Gasteiger partial charge on any atom is -0.411 e. The molecule has 58 valence electrons. The van der Waals surface area contributed by atoms with Crippen molar-refractivity contribution in [1.82, 2.24) is 4.98 Å². The lowest BCUT2D eigenvalue weighted by Gasteiger charge is -1.96. The summed E-state index contributed by atoms with van der Waals surface area (Å²) in [7, 11) is 2.34. The van der Waals surface area contributed by atoms with Crippen molar-refractivity contribution >= 4 is 21.4 Å². The second-order valence-corrected chi connectivity index (χ2v) is 2.15. The predicted molar refractivity (Wildman–Crippen MR) is 47.0 cm³/mol. The minimum atomic E-state index is 0.755. The molecule has 5 heteroatoms. The van der Waals surface area contributed by atoms with Gasteiger partial charge in [0.05, 0.1) is 6.21 Å². The topological polar surface area (TPSA) is 57.5 Å². The van der Waals surface area contributed by atoms with E-state index in [0.29, 0.717) is 0 Å². The molecule has 1 heterocycles. The summed E-state index contributed by atoms with van der Waals surface area (Å²) in [5.74, 6) is 0.755. The Bertz CT molecular complexity index is 247. The van der Waals surface area contributed by atoms with Gasteiger partial charge in [0, 0.05) is 11.8 Å². The fourth-order valence-corrected chi connectivity index (χ4v) is 0.804. The summed E-state index contributed by atoms with van der Waals surface area (Å²) in [6, 6.07) is 3.57. The lowest BCUT2D eigenvalue weighted by atomic mass is 10.3. The van der Waals surface area contributed by atoms with E-state index in [2.05, 4.69) is 24.6 Å². The average Bonchev–Trinajstić information content (AvgIpc) is 2.07. The number of oxime groups is 1. The molecule has 0 radical (unpaired) electrons. The quantitative estimate of drug-likeness (QED) is 0.301. The third kappa shape index (κ3) is 2.16. The van der Waals surface area contributed by atoms with Crippen LogP contribution in [-0.2, 0) is 0 Å². The van der Waals surface area contributed by atoms with Gasteiger partial charge >= 0.3 is 0 Å². The summed E-state index contributed by atoms with van der Waals surface area (Å²) in [4.78, 5) is 3.98. The van der Waals surface area contributed by atoms with Crippen LogP contribution in [0.15, 0.2) is 23.5 Å². The van der Waals surface area contributed by atoms with E-state index in [9.17, 15) is 0 Å². The number of pyridine rings is 1. The van der Waals surface area contributed by atoms with Crippen molar-refractivity contribution in [1.29, 1.82) is 0 Å². The van der Waals surface area contributed by atoms with E-state index >= 15 is 0 Å². The summed E-state index contributed by atoms with van der Waals surface area (Å²) >= 11 is 0. The van der Waals surface area contributed by atoms with Crippen molar-refractivity contribution < 1.29 is 5.21 Å². The molecule has 0 bridgehead atoms. The molecule has 2 N–H and O–H groups in total. The second kappa shape index (κ2) is 3.88. The van der Waals surface area contributed by atoms with Crippen LogP contribution < -0.4 is 5.09 Å². The molecule has 0 aliphatic heterocycles. The fraction of sp³-hybridized carbons (Fsp3) is 0. The lowest BCUT2D eigenvalue weighted by Crippen LogP contribution is -1.87. The van der Waals surface area contributed by atoms with Gasteiger partial charge in [-0.15, -0.1) is 0 Å². The van der Waals surface area contributed by atoms with E-state index in [1.807, 2.05) is 0 Å². The summed E-state index contributed by atoms with van der Waals surface area (Å²) < 4.78 is 0. The van der Waals surface area contributed by atoms with Crippen LogP contribution in [0.3, 0.4) is 0 Å². The normalized spacial score (nSPS) is 10.3. The van der Waals surface area contributed by atoms with Crippen molar-refractivity contribution in [2.75, 3.05) is 5.09 Å². The fourth-order valence-electron chi connectivity index (χ4n) is 0.634. The number of hydrogen-bond donors (Lipinski definition) is 2. The predicted octanol–water partition coefficient (Wildman–Crippen LogP) is 1.09.